The molecule has 8 heteroatoms. The maximum atomic E-state index is 13.1. The van der Waals surface area contributed by atoms with Gasteiger partial charge >= 0.3 is 5.97 Å². The van der Waals surface area contributed by atoms with Crippen LogP contribution in [0.15, 0.2) is 30.5 Å². The molecule has 2 atom stereocenters. The lowest BCUT2D eigenvalue weighted by Crippen LogP contribution is -2.50. The average molecular weight is 444 g/mol. The van der Waals surface area contributed by atoms with Crippen molar-refractivity contribution < 1.29 is 23.9 Å². The van der Waals surface area contributed by atoms with Gasteiger partial charge in [0.05, 0.1) is 26.2 Å². The molecule has 2 N–H and O–H groups in total. The summed E-state index contributed by atoms with van der Waals surface area (Å²) in [5, 5.41) is 6.82. The summed E-state index contributed by atoms with van der Waals surface area (Å²) in [7, 11) is 0. The number of hydrogen-bond acceptors (Lipinski definition) is 5. The third-order valence-corrected chi connectivity index (χ3v) is 5.68. The molecule has 0 saturated heterocycles. The predicted molar refractivity (Wildman–Crippen MR) is 121 cm³/mol. The average Bonchev–Trinajstić information content (AvgIpc) is 3.12. The Morgan fingerprint density at radius 1 is 1.28 bits per heavy atom. The van der Waals surface area contributed by atoms with Gasteiger partial charge in [0.1, 0.15) is 6.04 Å². The SMILES string of the molecule is CCCC(CC(=O)OCC)C(=O)NC1Cc2cn(c3ccccc23)CCOCCNC1=O. The van der Waals surface area contributed by atoms with Gasteiger partial charge in [0, 0.05) is 42.5 Å². The third kappa shape index (κ3) is 6.09. The Balaban J connectivity index is 1.84. The van der Waals surface area contributed by atoms with Gasteiger partial charge in [0.25, 0.3) is 0 Å². The van der Waals surface area contributed by atoms with Crippen LogP contribution in [0.2, 0.25) is 0 Å². The van der Waals surface area contributed by atoms with E-state index in [0.29, 0.717) is 39.1 Å². The van der Waals surface area contributed by atoms with E-state index in [0.717, 1.165) is 22.9 Å². The first-order valence-corrected chi connectivity index (χ1v) is 11.4. The Hall–Kier alpha value is -2.87. The highest BCUT2D eigenvalue weighted by molar-refractivity contribution is 5.91. The van der Waals surface area contributed by atoms with Crippen LogP contribution in [0.3, 0.4) is 0 Å². The number of benzene rings is 1. The highest BCUT2D eigenvalue weighted by Crippen LogP contribution is 2.23. The zero-order chi connectivity index (χ0) is 22.9. The van der Waals surface area contributed by atoms with E-state index in [2.05, 4.69) is 15.2 Å². The number of fused-ring (bicyclic) bond motifs is 5. The van der Waals surface area contributed by atoms with Crippen molar-refractivity contribution >= 4 is 28.7 Å². The van der Waals surface area contributed by atoms with E-state index in [1.54, 1.807) is 6.92 Å². The van der Waals surface area contributed by atoms with Gasteiger partial charge in [0.15, 0.2) is 0 Å². The molecule has 32 heavy (non-hydrogen) atoms. The molecule has 1 aliphatic heterocycles. The number of rotatable bonds is 7. The molecule has 1 aromatic heterocycles. The van der Waals surface area contributed by atoms with Crippen molar-refractivity contribution in [1.82, 2.24) is 15.2 Å². The minimum absolute atomic E-state index is 0.00893. The normalized spacial score (nSPS) is 18.2. The second-order valence-corrected chi connectivity index (χ2v) is 8.03. The smallest absolute Gasteiger partial charge is 0.306 e. The van der Waals surface area contributed by atoms with E-state index >= 15 is 0 Å². The Morgan fingerprint density at radius 2 is 2.09 bits per heavy atom. The predicted octanol–water partition coefficient (Wildman–Crippen LogP) is 2.18. The summed E-state index contributed by atoms with van der Waals surface area (Å²) < 4.78 is 12.8. The highest BCUT2D eigenvalue weighted by Gasteiger charge is 2.28. The molecule has 0 spiro atoms. The highest BCUT2D eigenvalue weighted by atomic mass is 16.5. The molecule has 2 amide bonds. The minimum atomic E-state index is -0.747. The van der Waals surface area contributed by atoms with Gasteiger partial charge in [-0.3, -0.25) is 14.4 Å². The molecule has 0 fully saturated rings. The van der Waals surface area contributed by atoms with Gasteiger partial charge in [0.2, 0.25) is 11.8 Å². The summed E-state index contributed by atoms with van der Waals surface area (Å²) in [5.41, 5.74) is 2.06. The standard InChI is InChI=1S/C24H33N3O5/c1-3-7-17(15-22(28)32-4-2)23(29)26-20-14-18-16-27(21-9-6-5-8-19(18)21)11-13-31-12-10-25-24(20)30/h5-6,8-9,16-17,20H,3-4,7,10-15H2,1-2H3,(H,25,30)(H,26,29). The number of nitrogens with one attached hydrogen (secondary N) is 2. The summed E-state index contributed by atoms with van der Waals surface area (Å²) in [4.78, 5) is 38.0. The Bertz CT molecular complexity index is 939. The van der Waals surface area contributed by atoms with Crippen molar-refractivity contribution in [3.05, 3.63) is 36.0 Å². The van der Waals surface area contributed by atoms with E-state index in [4.69, 9.17) is 9.47 Å². The summed E-state index contributed by atoms with van der Waals surface area (Å²) in [6.45, 7) is 6.02. The van der Waals surface area contributed by atoms with Gasteiger partial charge in [-0.2, -0.15) is 0 Å². The first-order valence-electron chi connectivity index (χ1n) is 11.4. The van der Waals surface area contributed by atoms with E-state index < -0.39 is 17.9 Å². The molecule has 0 saturated carbocycles. The largest absolute Gasteiger partial charge is 0.466 e. The number of aromatic nitrogens is 1. The van der Waals surface area contributed by atoms with E-state index in [1.165, 1.54) is 0 Å². The van der Waals surface area contributed by atoms with E-state index in [9.17, 15) is 14.4 Å². The first kappa shape index (κ1) is 23.8. The van der Waals surface area contributed by atoms with Gasteiger partial charge in [-0.1, -0.05) is 31.5 Å². The maximum absolute atomic E-state index is 13.1. The lowest BCUT2D eigenvalue weighted by molar-refractivity contribution is -0.146. The molecule has 174 valence electrons. The monoisotopic (exact) mass is 443 g/mol. The number of carbonyl (C=O) groups excluding carboxylic acids is 3. The van der Waals surface area contributed by atoms with Crippen molar-refractivity contribution in [2.24, 2.45) is 5.92 Å². The molecule has 8 nitrogen and oxygen atoms in total. The fraction of sp³-hybridized carbons (Fsp3) is 0.542. The molecule has 3 rings (SSSR count). The molecule has 1 aromatic carbocycles. The van der Waals surface area contributed by atoms with Crippen LogP contribution >= 0.6 is 0 Å². The minimum Gasteiger partial charge on any atom is -0.466 e. The molecular formula is C24H33N3O5. The van der Waals surface area contributed by atoms with Crippen LogP contribution in [0, 0.1) is 5.92 Å². The van der Waals surface area contributed by atoms with Crippen LogP contribution in [0.1, 0.15) is 38.7 Å². The maximum Gasteiger partial charge on any atom is 0.306 e. The van der Waals surface area contributed by atoms with Crippen LogP contribution in [-0.2, 0) is 36.8 Å². The van der Waals surface area contributed by atoms with E-state index in [1.807, 2.05) is 37.4 Å². The first-order chi connectivity index (χ1) is 15.5. The fourth-order valence-electron chi connectivity index (χ4n) is 4.12. The summed E-state index contributed by atoms with van der Waals surface area (Å²) in [6, 6.07) is 7.28. The molecule has 2 unspecified atom stereocenters. The number of ether oxygens (including phenoxy) is 2. The van der Waals surface area contributed by atoms with Crippen molar-refractivity contribution in [2.45, 2.75) is 52.1 Å². The van der Waals surface area contributed by atoms with Crippen LogP contribution in [-0.4, -0.2) is 54.8 Å². The van der Waals surface area contributed by atoms with E-state index in [-0.39, 0.29) is 24.8 Å². The van der Waals surface area contributed by atoms with Crippen LogP contribution in [0.4, 0.5) is 0 Å². The van der Waals surface area contributed by atoms with Gasteiger partial charge in [-0.15, -0.1) is 0 Å². The molecule has 2 bridgehead atoms. The number of para-hydroxylation sites is 1. The second kappa shape index (κ2) is 11.7. The van der Waals surface area contributed by atoms with Crippen LogP contribution in [0.25, 0.3) is 10.9 Å². The number of amides is 2. The lowest BCUT2D eigenvalue weighted by Gasteiger charge is -2.22. The van der Waals surface area contributed by atoms with Crippen molar-refractivity contribution in [3.8, 4) is 0 Å². The summed E-state index contributed by atoms with van der Waals surface area (Å²) in [6.07, 6.45) is 3.70. The second-order valence-electron chi connectivity index (χ2n) is 8.03. The van der Waals surface area contributed by atoms with Crippen LogP contribution < -0.4 is 10.6 Å². The molecule has 2 aromatic rings. The number of hydrogen-bond donors (Lipinski definition) is 2. The number of nitrogens with zero attached hydrogens (tertiary/aromatic N) is 1. The van der Waals surface area contributed by atoms with Gasteiger partial charge in [-0.25, -0.2) is 0 Å². The quantitative estimate of drug-likeness (QED) is 0.639. The van der Waals surface area contributed by atoms with Gasteiger partial charge < -0.3 is 24.7 Å². The molecule has 2 heterocycles. The number of carbonyl (C=O) groups is 3. The Morgan fingerprint density at radius 3 is 2.88 bits per heavy atom. The summed E-state index contributed by atoms with van der Waals surface area (Å²) >= 11 is 0. The molecular weight excluding hydrogens is 410 g/mol. The lowest BCUT2D eigenvalue weighted by atomic mass is 9.97. The molecule has 0 aliphatic carbocycles. The van der Waals surface area contributed by atoms with Crippen molar-refractivity contribution in [1.29, 1.82) is 0 Å². The van der Waals surface area contributed by atoms with Crippen LogP contribution in [0.5, 0.6) is 0 Å². The zero-order valence-corrected chi connectivity index (χ0v) is 18.9. The third-order valence-electron chi connectivity index (χ3n) is 5.68. The van der Waals surface area contributed by atoms with Gasteiger partial charge in [-0.05, 0) is 25.0 Å². The van der Waals surface area contributed by atoms with Crippen molar-refractivity contribution in [2.75, 3.05) is 26.4 Å². The zero-order valence-electron chi connectivity index (χ0n) is 18.9. The topological polar surface area (TPSA) is 98.7 Å². The fourth-order valence-corrected chi connectivity index (χ4v) is 4.12. The number of esters is 1. The Kier molecular flexibility index (Phi) is 8.67. The molecule has 1 aliphatic rings. The molecule has 0 radical (unpaired) electrons. The summed E-state index contributed by atoms with van der Waals surface area (Å²) in [5.74, 6) is -1.49. The Labute approximate surface area is 188 Å². The van der Waals surface area contributed by atoms with Crippen molar-refractivity contribution in [3.63, 3.8) is 0 Å².